The number of ether oxygens (including phenoxy) is 1. The maximum Gasteiger partial charge on any atom is 0.306 e. The van der Waals surface area contributed by atoms with E-state index in [0.29, 0.717) is 30.1 Å². The highest BCUT2D eigenvalue weighted by atomic mass is 16.6. The van der Waals surface area contributed by atoms with Crippen LogP contribution in [0.4, 0.5) is 0 Å². The molecule has 0 saturated carbocycles. The number of esters is 1. The number of carbonyl (C=O) groups is 1. The van der Waals surface area contributed by atoms with Crippen molar-refractivity contribution in [2.24, 2.45) is 23.7 Å². The van der Waals surface area contributed by atoms with Crippen molar-refractivity contribution in [2.45, 2.75) is 60.0 Å². The molecule has 1 aliphatic heterocycles. The summed E-state index contributed by atoms with van der Waals surface area (Å²) < 4.78 is 5.61. The fraction of sp³-hybridized carbons (Fsp3) is 0.929. The van der Waals surface area contributed by atoms with Crippen molar-refractivity contribution in [1.82, 2.24) is 0 Å². The van der Waals surface area contributed by atoms with E-state index < -0.39 is 0 Å². The van der Waals surface area contributed by atoms with Crippen LogP contribution in [0.2, 0.25) is 0 Å². The molecule has 0 amide bonds. The van der Waals surface area contributed by atoms with Crippen molar-refractivity contribution < 1.29 is 9.53 Å². The average Bonchev–Trinajstić information content (AvgIpc) is 2.19. The van der Waals surface area contributed by atoms with E-state index in [2.05, 4.69) is 41.5 Å². The van der Waals surface area contributed by atoms with Crippen molar-refractivity contribution in [3.63, 3.8) is 0 Å². The van der Waals surface area contributed by atoms with Crippen LogP contribution in [0, 0.1) is 23.7 Å². The monoisotopic (exact) mass is 226 g/mol. The first kappa shape index (κ1) is 13.5. The quantitative estimate of drug-likeness (QED) is 0.672. The van der Waals surface area contributed by atoms with Crippen LogP contribution in [-0.2, 0) is 9.53 Å². The summed E-state index contributed by atoms with van der Waals surface area (Å²) in [7, 11) is 0. The maximum absolute atomic E-state index is 11.6. The zero-order chi connectivity index (χ0) is 12.5. The molecular formula is C14H26O2. The van der Waals surface area contributed by atoms with Crippen LogP contribution < -0.4 is 0 Å². The van der Waals surface area contributed by atoms with E-state index in [4.69, 9.17) is 4.74 Å². The molecule has 0 spiro atoms. The molecule has 0 aromatic heterocycles. The van der Waals surface area contributed by atoms with Gasteiger partial charge < -0.3 is 4.74 Å². The van der Waals surface area contributed by atoms with E-state index in [1.54, 1.807) is 0 Å². The molecule has 1 fully saturated rings. The highest BCUT2D eigenvalue weighted by Gasteiger charge is 2.43. The summed E-state index contributed by atoms with van der Waals surface area (Å²) >= 11 is 0. The Hall–Kier alpha value is -0.530. The zero-order valence-corrected chi connectivity index (χ0v) is 11.5. The molecule has 0 radical (unpaired) electrons. The fourth-order valence-corrected chi connectivity index (χ4v) is 3.44. The summed E-state index contributed by atoms with van der Waals surface area (Å²) in [6.45, 7) is 13.1. The topological polar surface area (TPSA) is 26.3 Å². The first-order valence-corrected chi connectivity index (χ1v) is 6.47. The van der Waals surface area contributed by atoms with Gasteiger partial charge in [-0.2, -0.15) is 0 Å². The van der Waals surface area contributed by atoms with Gasteiger partial charge in [-0.3, -0.25) is 4.79 Å². The summed E-state index contributed by atoms with van der Waals surface area (Å²) in [4.78, 5) is 11.6. The Morgan fingerprint density at radius 1 is 1.19 bits per heavy atom. The lowest BCUT2D eigenvalue weighted by Crippen LogP contribution is -2.42. The second-order valence-corrected chi connectivity index (χ2v) is 6.29. The van der Waals surface area contributed by atoms with Gasteiger partial charge in [0.25, 0.3) is 0 Å². The van der Waals surface area contributed by atoms with E-state index >= 15 is 0 Å². The molecule has 2 heteroatoms. The molecular weight excluding hydrogens is 200 g/mol. The predicted molar refractivity (Wildman–Crippen MR) is 66.1 cm³/mol. The minimum absolute atomic E-state index is 0.0289. The SMILES string of the molecule is CC(C)C1CCC(=O)OC(C)(C)C1C(C)C. The van der Waals surface area contributed by atoms with Crippen LogP contribution in [0.15, 0.2) is 0 Å². The molecule has 2 atom stereocenters. The van der Waals surface area contributed by atoms with Crippen molar-refractivity contribution in [3.05, 3.63) is 0 Å². The first-order valence-electron chi connectivity index (χ1n) is 6.47. The largest absolute Gasteiger partial charge is 0.459 e. The normalized spacial score (nSPS) is 30.4. The van der Waals surface area contributed by atoms with Gasteiger partial charge in [0.1, 0.15) is 5.60 Å². The molecule has 0 N–H and O–H groups in total. The van der Waals surface area contributed by atoms with Gasteiger partial charge in [-0.1, -0.05) is 27.7 Å². The van der Waals surface area contributed by atoms with Crippen molar-refractivity contribution in [2.75, 3.05) is 0 Å². The second kappa shape index (κ2) is 4.77. The van der Waals surface area contributed by atoms with Gasteiger partial charge in [-0.25, -0.2) is 0 Å². The summed E-state index contributed by atoms with van der Waals surface area (Å²) in [5, 5.41) is 0. The minimum Gasteiger partial charge on any atom is -0.459 e. The molecule has 2 unspecified atom stereocenters. The lowest BCUT2D eigenvalue weighted by molar-refractivity contribution is -0.161. The molecule has 1 saturated heterocycles. The van der Waals surface area contributed by atoms with Gasteiger partial charge in [-0.05, 0) is 38.0 Å². The lowest BCUT2D eigenvalue weighted by Gasteiger charge is -2.41. The summed E-state index contributed by atoms with van der Waals surface area (Å²) in [5.74, 6) is 2.17. The van der Waals surface area contributed by atoms with Crippen LogP contribution in [0.3, 0.4) is 0 Å². The van der Waals surface area contributed by atoms with Crippen LogP contribution in [-0.4, -0.2) is 11.6 Å². The Kier molecular flexibility index (Phi) is 4.03. The molecule has 1 heterocycles. The van der Waals surface area contributed by atoms with E-state index in [1.165, 1.54) is 0 Å². The minimum atomic E-state index is -0.323. The molecule has 1 aliphatic rings. The standard InChI is InChI=1S/C14H26O2/c1-9(2)11-7-8-12(15)16-14(5,6)13(11)10(3)4/h9-11,13H,7-8H2,1-6H3. The lowest BCUT2D eigenvalue weighted by atomic mass is 9.68. The van der Waals surface area contributed by atoms with Crippen molar-refractivity contribution in [1.29, 1.82) is 0 Å². The number of carbonyl (C=O) groups excluding carboxylic acids is 1. The molecule has 0 aliphatic carbocycles. The third-order valence-corrected chi connectivity index (χ3v) is 3.90. The van der Waals surface area contributed by atoms with Crippen molar-refractivity contribution >= 4 is 5.97 Å². The molecule has 0 aromatic rings. The number of hydrogen-bond donors (Lipinski definition) is 0. The predicted octanol–water partition coefficient (Wildman–Crippen LogP) is 3.65. The number of cyclic esters (lactones) is 1. The molecule has 16 heavy (non-hydrogen) atoms. The Morgan fingerprint density at radius 2 is 1.75 bits per heavy atom. The molecule has 1 rings (SSSR count). The van der Waals surface area contributed by atoms with Gasteiger partial charge in [0, 0.05) is 12.3 Å². The van der Waals surface area contributed by atoms with Gasteiger partial charge in [0.2, 0.25) is 0 Å². The highest BCUT2D eigenvalue weighted by Crippen LogP contribution is 2.42. The summed E-state index contributed by atoms with van der Waals surface area (Å²) in [5.41, 5.74) is -0.323. The third-order valence-electron chi connectivity index (χ3n) is 3.90. The van der Waals surface area contributed by atoms with Gasteiger partial charge in [-0.15, -0.1) is 0 Å². The molecule has 0 aromatic carbocycles. The Bertz CT molecular complexity index is 253. The van der Waals surface area contributed by atoms with Crippen LogP contribution in [0.1, 0.15) is 54.4 Å². The highest BCUT2D eigenvalue weighted by molar-refractivity contribution is 5.70. The van der Waals surface area contributed by atoms with Gasteiger partial charge in [0.05, 0.1) is 0 Å². The Labute approximate surface area is 99.8 Å². The Balaban J connectivity index is 3.03. The molecule has 94 valence electrons. The van der Waals surface area contributed by atoms with Gasteiger partial charge >= 0.3 is 5.97 Å². The summed E-state index contributed by atoms with van der Waals surface area (Å²) in [6, 6.07) is 0. The van der Waals surface area contributed by atoms with Gasteiger partial charge in [0.15, 0.2) is 0 Å². The fourth-order valence-electron chi connectivity index (χ4n) is 3.44. The van der Waals surface area contributed by atoms with Crippen LogP contribution in [0.25, 0.3) is 0 Å². The Morgan fingerprint density at radius 3 is 2.19 bits per heavy atom. The third kappa shape index (κ3) is 2.78. The smallest absolute Gasteiger partial charge is 0.306 e. The maximum atomic E-state index is 11.6. The summed E-state index contributed by atoms with van der Waals surface area (Å²) in [6.07, 6.45) is 1.55. The van der Waals surface area contributed by atoms with Crippen LogP contribution >= 0.6 is 0 Å². The van der Waals surface area contributed by atoms with E-state index in [1.807, 2.05) is 0 Å². The van der Waals surface area contributed by atoms with Crippen LogP contribution in [0.5, 0.6) is 0 Å². The average molecular weight is 226 g/mol. The molecule has 0 bridgehead atoms. The zero-order valence-electron chi connectivity index (χ0n) is 11.5. The van der Waals surface area contributed by atoms with E-state index in [-0.39, 0.29) is 11.6 Å². The number of rotatable bonds is 2. The van der Waals surface area contributed by atoms with Crippen molar-refractivity contribution in [3.8, 4) is 0 Å². The van der Waals surface area contributed by atoms with E-state index in [0.717, 1.165) is 6.42 Å². The molecule has 2 nitrogen and oxygen atoms in total. The first-order chi connectivity index (χ1) is 7.25. The van der Waals surface area contributed by atoms with E-state index in [9.17, 15) is 4.79 Å². The second-order valence-electron chi connectivity index (χ2n) is 6.29. The number of hydrogen-bond acceptors (Lipinski definition) is 2.